The van der Waals surface area contributed by atoms with Gasteiger partial charge in [0, 0.05) is 25.7 Å². The van der Waals surface area contributed by atoms with Crippen molar-refractivity contribution in [1.29, 1.82) is 0 Å². The molecule has 0 rings (SSSR count). The number of carbonyl (C=O) groups is 4. The smallest absolute Gasteiger partial charge is 0.462 e. The Bertz CT molecular complexity index is 2240. The van der Waals surface area contributed by atoms with Gasteiger partial charge in [0.1, 0.15) is 19.3 Å². The van der Waals surface area contributed by atoms with Gasteiger partial charge < -0.3 is 33.8 Å². The highest BCUT2D eigenvalue weighted by Gasteiger charge is 2.30. The maximum absolute atomic E-state index is 13.1. The molecule has 0 aromatic heterocycles. The Morgan fingerprint density at radius 1 is 0.296 bits per heavy atom. The fourth-order valence-electron chi connectivity index (χ4n) is 10.2. The molecule has 17 nitrogen and oxygen atoms in total. The Hall–Kier alpha value is -4.02. The lowest BCUT2D eigenvalue weighted by atomic mass is 10.0. The van der Waals surface area contributed by atoms with Crippen molar-refractivity contribution in [3.05, 3.63) is 97.2 Å². The maximum atomic E-state index is 13.1. The molecule has 0 heterocycles. The van der Waals surface area contributed by atoms with E-state index in [0.717, 1.165) is 135 Å². The highest BCUT2D eigenvalue weighted by atomic mass is 31.2. The van der Waals surface area contributed by atoms with E-state index >= 15 is 0 Å². The Morgan fingerprint density at radius 2 is 0.561 bits per heavy atom. The van der Waals surface area contributed by atoms with Gasteiger partial charge in [0.05, 0.1) is 26.4 Å². The molecule has 0 aliphatic carbocycles. The number of phosphoric acid groups is 2. The van der Waals surface area contributed by atoms with Crippen LogP contribution in [0, 0.1) is 0 Å². The number of hydrogen-bond donors (Lipinski definition) is 3. The standard InChI is InChI=1S/C79H138O17P2/c1-5-9-13-17-21-25-29-32-34-35-36-37-39-42-45-48-52-56-60-64-77(82)89-69-74(95-78(83)65-61-57-53-49-43-28-24-20-16-12-8-4)71-93-97(85,86)91-67-73(80)68-92-98(87,88)94-72-75(96-79(84)66-62-58-54-50-46-40-31-27-23-19-15-11-7-3)70-90-76(81)63-59-55-51-47-44-41-38-33-30-26-22-18-14-10-6-2/h9,13,20-21,24-25,32-34,36-38,42,45,52,56,73-75,80H,5-8,10-12,14-19,22-23,26-31,35,39-41,43-44,46-51,53-55,57-72H2,1-4H3,(H,85,86)(H,87,88)/b13-9-,24-20-,25-21-,34-32-,37-36-,38-33-,45-42-,56-52-. The van der Waals surface area contributed by atoms with Gasteiger partial charge in [-0.3, -0.25) is 37.3 Å². The third-order valence-electron chi connectivity index (χ3n) is 16.0. The molecule has 0 saturated heterocycles. The molecule has 3 N–H and O–H groups in total. The summed E-state index contributed by atoms with van der Waals surface area (Å²) in [4.78, 5) is 72.8. The SMILES string of the molecule is CC/C=C\C/C=C\C/C=C\C/C=C\C/C=C\C/C=C\CCC(=O)OCC(COP(=O)(O)OCC(O)COP(=O)(O)OCC(COC(=O)CCCCCCC/C=C\CCCCCCCC)OC(=O)CCCCCCCCCCCCCCC)OC(=O)CCCCCCC/C=C\CCCC. The average molecular weight is 1420 g/mol. The molecule has 566 valence electrons. The Morgan fingerprint density at radius 3 is 0.908 bits per heavy atom. The minimum absolute atomic E-state index is 0.0347. The topological polar surface area (TPSA) is 237 Å². The number of phosphoric ester groups is 2. The monoisotopic (exact) mass is 1420 g/mol. The molecule has 5 atom stereocenters. The number of hydrogen-bond acceptors (Lipinski definition) is 15. The number of unbranched alkanes of at least 4 members (excludes halogenated alkanes) is 30. The fourth-order valence-corrected chi connectivity index (χ4v) is 11.7. The van der Waals surface area contributed by atoms with Gasteiger partial charge in [-0.15, -0.1) is 0 Å². The van der Waals surface area contributed by atoms with Crippen LogP contribution < -0.4 is 0 Å². The summed E-state index contributed by atoms with van der Waals surface area (Å²) in [7, 11) is -9.96. The molecular formula is C79H138O17P2. The summed E-state index contributed by atoms with van der Waals surface area (Å²) in [5.74, 6) is -2.28. The molecule has 0 radical (unpaired) electrons. The van der Waals surface area contributed by atoms with E-state index < -0.39 is 97.5 Å². The predicted molar refractivity (Wildman–Crippen MR) is 399 cm³/mol. The van der Waals surface area contributed by atoms with Crippen LogP contribution in [0.5, 0.6) is 0 Å². The number of ether oxygens (including phenoxy) is 4. The summed E-state index contributed by atoms with van der Waals surface area (Å²) >= 11 is 0. The minimum atomic E-state index is -4.99. The van der Waals surface area contributed by atoms with Crippen molar-refractivity contribution in [2.75, 3.05) is 39.6 Å². The molecule has 5 unspecified atom stereocenters. The van der Waals surface area contributed by atoms with Crippen molar-refractivity contribution < 1.29 is 80.2 Å². The van der Waals surface area contributed by atoms with E-state index in [1.54, 1.807) is 0 Å². The van der Waals surface area contributed by atoms with Gasteiger partial charge >= 0.3 is 39.5 Å². The number of aliphatic hydroxyl groups excluding tert-OH is 1. The Labute approximate surface area is 595 Å². The van der Waals surface area contributed by atoms with Crippen molar-refractivity contribution in [2.45, 2.75) is 341 Å². The van der Waals surface area contributed by atoms with Crippen LogP contribution in [0.1, 0.15) is 323 Å². The first kappa shape index (κ1) is 94.0. The second-order valence-electron chi connectivity index (χ2n) is 25.6. The molecule has 0 bridgehead atoms. The van der Waals surface area contributed by atoms with Crippen LogP contribution in [0.4, 0.5) is 0 Å². The van der Waals surface area contributed by atoms with Gasteiger partial charge in [-0.2, -0.15) is 0 Å². The van der Waals surface area contributed by atoms with Crippen molar-refractivity contribution in [1.82, 2.24) is 0 Å². The lowest BCUT2D eigenvalue weighted by Gasteiger charge is -2.21. The van der Waals surface area contributed by atoms with E-state index in [2.05, 4.69) is 107 Å². The third kappa shape index (κ3) is 70.4. The van der Waals surface area contributed by atoms with Crippen molar-refractivity contribution >= 4 is 39.5 Å². The summed E-state index contributed by atoms with van der Waals surface area (Å²) in [5, 5.41) is 10.6. The van der Waals surface area contributed by atoms with Crippen LogP contribution in [0.2, 0.25) is 0 Å². The first-order valence-electron chi connectivity index (χ1n) is 38.5. The normalized spacial score (nSPS) is 14.5. The van der Waals surface area contributed by atoms with Crippen LogP contribution in [-0.4, -0.2) is 96.7 Å². The van der Waals surface area contributed by atoms with E-state index in [1.807, 2.05) is 18.2 Å². The zero-order chi connectivity index (χ0) is 71.8. The molecule has 19 heteroatoms. The largest absolute Gasteiger partial charge is 0.472 e. The third-order valence-corrected chi connectivity index (χ3v) is 17.9. The number of allylic oxidation sites excluding steroid dienone is 16. The van der Waals surface area contributed by atoms with E-state index in [-0.39, 0.29) is 25.7 Å². The summed E-state index contributed by atoms with van der Waals surface area (Å²) in [5.41, 5.74) is 0. The molecule has 0 spiro atoms. The number of rotatable bonds is 72. The average Bonchev–Trinajstić information content (AvgIpc) is 1.00. The molecule has 0 aromatic rings. The minimum Gasteiger partial charge on any atom is -0.462 e. The summed E-state index contributed by atoms with van der Waals surface area (Å²) < 4.78 is 68.3. The number of carbonyl (C=O) groups excluding carboxylic acids is 4. The summed E-state index contributed by atoms with van der Waals surface area (Å²) in [6.07, 6.45) is 74.2. The van der Waals surface area contributed by atoms with Crippen LogP contribution in [0.3, 0.4) is 0 Å². The van der Waals surface area contributed by atoms with Crippen LogP contribution >= 0.6 is 15.6 Å². The van der Waals surface area contributed by atoms with Crippen LogP contribution in [-0.2, 0) is 65.4 Å². The first-order chi connectivity index (χ1) is 47.7. The van der Waals surface area contributed by atoms with Crippen LogP contribution in [0.25, 0.3) is 0 Å². The molecule has 0 saturated carbocycles. The fraction of sp³-hybridized carbons (Fsp3) is 0.747. The van der Waals surface area contributed by atoms with Crippen molar-refractivity contribution in [2.24, 2.45) is 0 Å². The molecule has 98 heavy (non-hydrogen) atoms. The zero-order valence-corrected chi connectivity index (χ0v) is 63.5. The molecule has 0 amide bonds. The molecule has 0 aliphatic heterocycles. The van der Waals surface area contributed by atoms with Gasteiger partial charge in [0.25, 0.3) is 0 Å². The second-order valence-corrected chi connectivity index (χ2v) is 28.5. The molecule has 0 fully saturated rings. The highest BCUT2D eigenvalue weighted by Crippen LogP contribution is 2.45. The van der Waals surface area contributed by atoms with Gasteiger partial charge in [0.15, 0.2) is 12.2 Å². The predicted octanol–water partition coefficient (Wildman–Crippen LogP) is 22.0. The molecular weight excluding hydrogens is 1280 g/mol. The first-order valence-corrected chi connectivity index (χ1v) is 41.5. The summed E-state index contributed by atoms with van der Waals surface area (Å²) in [6, 6.07) is 0. The van der Waals surface area contributed by atoms with E-state index in [9.17, 15) is 43.2 Å². The van der Waals surface area contributed by atoms with Crippen LogP contribution in [0.15, 0.2) is 97.2 Å². The van der Waals surface area contributed by atoms with E-state index in [4.69, 9.17) is 37.0 Å². The van der Waals surface area contributed by atoms with Crippen molar-refractivity contribution in [3.63, 3.8) is 0 Å². The maximum Gasteiger partial charge on any atom is 0.472 e. The molecule has 0 aliphatic rings. The quantitative estimate of drug-likeness (QED) is 0.0169. The number of aliphatic hydroxyl groups is 1. The lowest BCUT2D eigenvalue weighted by Crippen LogP contribution is -2.30. The molecule has 0 aromatic carbocycles. The van der Waals surface area contributed by atoms with Gasteiger partial charge in [0.2, 0.25) is 0 Å². The lowest BCUT2D eigenvalue weighted by molar-refractivity contribution is -0.161. The van der Waals surface area contributed by atoms with Gasteiger partial charge in [-0.25, -0.2) is 9.13 Å². The Balaban J connectivity index is 5.36. The second kappa shape index (κ2) is 71.4. The zero-order valence-electron chi connectivity index (χ0n) is 61.7. The van der Waals surface area contributed by atoms with Crippen molar-refractivity contribution in [3.8, 4) is 0 Å². The highest BCUT2D eigenvalue weighted by molar-refractivity contribution is 7.47. The Kier molecular flexibility index (Phi) is 68.4. The van der Waals surface area contributed by atoms with Gasteiger partial charge in [-0.1, -0.05) is 285 Å². The van der Waals surface area contributed by atoms with E-state index in [1.165, 1.54) is 103 Å². The number of esters is 4. The van der Waals surface area contributed by atoms with E-state index in [0.29, 0.717) is 32.1 Å². The summed E-state index contributed by atoms with van der Waals surface area (Å²) in [6.45, 7) is 4.63. The van der Waals surface area contributed by atoms with Gasteiger partial charge in [-0.05, 0) is 109 Å².